The Balaban J connectivity index is 1.58. The van der Waals surface area contributed by atoms with Crippen LogP contribution >= 0.6 is 0 Å². The Kier molecular flexibility index (Phi) is 4.24. The van der Waals surface area contributed by atoms with E-state index < -0.39 is 0 Å². The molecule has 0 radical (unpaired) electrons. The highest BCUT2D eigenvalue weighted by atomic mass is 19.1. The number of carbonyl (C=O) groups excluding carboxylic acids is 1. The van der Waals surface area contributed by atoms with E-state index in [1.807, 2.05) is 25.3 Å². The molecule has 0 spiro atoms. The van der Waals surface area contributed by atoms with Crippen LogP contribution in [0.25, 0.3) is 16.9 Å². The van der Waals surface area contributed by atoms with Crippen LogP contribution in [0, 0.1) is 12.7 Å². The third kappa shape index (κ3) is 3.46. The molecule has 0 unspecified atom stereocenters. The van der Waals surface area contributed by atoms with Crippen LogP contribution < -0.4 is 0 Å². The van der Waals surface area contributed by atoms with Crippen molar-refractivity contribution in [1.82, 2.24) is 14.3 Å². The van der Waals surface area contributed by atoms with E-state index in [1.54, 1.807) is 46.8 Å². The van der Waals surface area contributed by atoms with Crippen molar-refractivity contribution in [2.45, 2.75) is 13.5 Å². The number of furan rings is 1. The lowest BCUT2D eigenvalue weighted by molar-refractivity contribution is 0.0774. The number of nitrogens with zero attached hydrogens (tertiary/aromatic N) is 3. The number of benzene rings is 1. The number of pyridine rings is 1. The molecule has 5 nitrogen and oxygen atoms in total. The summed E-state index contributed by atoms with van der Waals surface area (Å²) in [7, 11) is 1.74. The molecule has 0 bridgehead atoms. The van der Waals surface area contributed by atoms with Gasteiger partial charge in [-0.15, -0.1) is 0 Å². The molecule has 4 aromatic rings. The molecule has 27 heavy (non-hydrogen) atoms. The van der Waals surface area contributed by atoms with Crippen molar-refractivity contribution in [1.29, 1.82) is 0 Å². The van der Waals surface area contributed by atoms with Gasteiger partial charge in [0, 0.05) is 25.0 Å². The second-order valence-corrected chi connectivity index (χ2v) is 6.49. The van der Waals surface area contributed by atoms with Gasteiger partial charge in [-0.05, 0) is 55.5 Å². The molecule has 4 rings (SSSR count). The average molecular weight is 363 g/mol. The van der Waals surface area contributed by atoms with Crippen molar-refractivity contribution in [2.75, 3.05) is 7.05 Å². The second kappa shape index (κ2) is 6.72. The van der Waals surface area contributed by atoms with Crippen molar-refractivity contribution in [3.8, 4) is 11.3 Å². The van der Waals surface area contributed by atoms with E-state index in [9.17, 15) is 9.18 Å². The summed E-state index contributed by atoms with van der Waals surface area (Å²) in [6.07, 6.45) is 3.58. The molecule has 0 atom stereocenters. The number of rotatable bonds is 4. The van der Waals surface area contributed by atoms with Crippen LogP contribution in [0.1, 0.15) is 21.9 Å². The van der Waals surface area contributed by atoms with Gasteiger partial charge in [-0.3, -0.25) is 4.79 Å². The minimum absolute atomic E-state index is 0.108. The highest BCUT2D eigenvalue weighted by Gasteiger charge is 2.15. The van der Waals surface area contributed by atoms with Gasteiger partial charge in [0.25, 0.3) is 5.91 Å². The number of hydrogen-bond acceptors (Lipinski definition) is 3. The molecule has 0 saturated heterocycles. The fourth-order valence-corrected chi connectivity index (χ4v) is 2.97. The van der Waals surface area contributed by atoms with Crippen LogP contribution in [0.4, 0.5) is 4.39 Å². The molecular weight excluding hydrogens is 345 g/mol. The first-order valence-corrected chi connectivity index (χ1v) is 8.55. The molecule has 1 amide bonds. The molecule has 6 heteroatoms. The molecule has 136 valence electrons. The highest BCUT2D eigenvalue weighted by Crippen LogP contribution is 2.20. The maximum Gasteiger partial charge on any atom is 0.255 e. The van der Waals surface area contributed by atoms with Crippen molar-refractivity contribution < 1.29 is 13.6 Å². The first-order valence-electron chi connectivity index (χ1n) is 8.55. The van der Waals surface area contributed by atoms with Crippen LogP contribution in [0.3, 0.4) is 0 Å². The number of hydrogen-bond donors (Lipinski definition) is 0. The number of amides is 1. The quantitative estimate of drug-likeness (QED) is 0.543. The number of fused-ring (bicyclic) bond motifs is 1. The topological polar surface area (TPSA) is 50.8 Å². The molecule has 0 fully saturated rings. The first-order chi connectivity index (χ1) is 13.0. The molecular formula is C21H18FN3O2. The maximum atomic E-state index is 13.1. The van der Waals surface area contributed by atoms with Gasteiger partial charge in [0.15, 0.2) is 0 Å². The summed E-state index contributed by atoms with van der Waals surface area (Å²) in [5.41, 5.74) is 2.81. The Morgan fingerprint density at radius 3 is 2.59 bits per heavy atom. The Bertz CT molecular complexity index is 1110. The summed E-state index contributed by atoms with van der Waals surface area (Å²) < 4.78 is 20.4. The van der Waals surface area contributed by atoms with E-state index in [0.29, 0.717) is 12.1 Å². The van der Waals surface area contributed by atoms with Crippen LogP contribution in [-0.4, -0.2) is 27.2 Å². The summed E-state index contributed by atoms with van der Waals surface area (Å²) in [5.74, 6) is 1.16. The largest absolute Gasteiger partial charge is 0.464 e. The summed E-state index contributed by atoms with van der Waals surface area (Å²) in [6.45, 7) is 2.27. The van der Waals surface area contributed by atoms with Crippen LogP contribution in [0.15, 0.2) is 65.3 Å². The van der Waals surface area contributed by atoms with Crippen molar-refractivity contribution >= 4 is 11.6 Å². The van der Waals surface area contributed by atoms with Gasteiger partial charge in [0.2, 0.25) is 0 Å². The zero-order valence-corrected chi connectivity index (χ0v) is 15.0. The van der Waals surface area contributed by atoms with Crippen molar-refractivity contribution in [3.63, 3.8) is 0 Å². The monoisotopic (exact) mass is 363 g/mol. The number of imidazole rings is 1. The minimum Gasteiger partial charge on any atom is -0.464 e. The van der Waals surface area contributed by atoms with E-state index in [4.69, 9.17) is 4.42 Å². The predicted octanol–water partition coefficient (Wildman–Crippen LogP) is 4.31. The lowest BCUT2D eigenvalue weighted by Crippen LogP contribution is -2.26. The van der Waals surface area contributed by atoms with Gasteiger partial charge in [0.1, 0.15) is 23.0 Å². The summed E-state index contributed by atoms with van der Waals surface area (Å²) in [6, 6.07) is 13.5. The number of carbonyl (C=O) groups is 1. The van der Waals surface area contributed by atoms with Crippen molar-refractivity contribution in [3.05, 3.63) is 83.8 Å². The van der Waals surface area contributed by atoms with Crippen LogP contribution in [-0.2, 0) is 6.54 Å². The zero-order chi connectivity index (χ0) is 19.0. The number of aryl methyl sites for hydroxylation is 1. The van der Waals surface area contributed by atoms with Crippen LogP contribution in [0.5, 0.6) is 0 Å². The van der Waals surface area contributed by atoms with Gasteiger partial charge in [-0.1, -0.05) is 0 Å². The number of halogens is 1. The molecule has 0 aliphatic rings. The minimum atomic E-state index is -0.287. The molecule has 0 aliphatic carbocycles. The van der Waals surface area contributed by atoms with Gasteiger partial charge in [-0.25, -0.2) is 9.37 Å². The maximum absolute atomic E-state index is 13.1. The predicted molar refractivity (Wildman–Crippen MR) is 99.8 cm³/mol. The highest BCUT2D eigenvalue weighted by molar-refractivity contribution is 5.94. The molecule has 0 saturated carbocycles. The summed E-state index contributed by atoms with van der Waals surface area (Å²) in [5, 5.41) is 0. The second-order valence-electron chi connectivity index (χ2n) is 6.49. The first kappa shape index (κ1) is 17.0. The number of aromatic nitrogens is 2. The standard InChI is InChI=1S/C21H18FN3O2/c1-14-3-9-18(27-14)12-24(2)21(26)16-6-10-20-23-19(13-25(20)11-16)15-4-7-17(22)8-5-15/h3-11,13H,12H2,1-2H3. The normalized spacial score (nSPS) is 11.1. The van der Waals surface area contributed by atoms with Crippen molar-refractivity contribution in [2.24, 2.45) is 0 Å². The lowest BCUT2D eigenvalue weighted by atomic mass is 10.2. The van der Waals surface area contributed by atoms with Gasteiger partial charge in [-0.2, -0.15) is 0 Å². The summed E-state index contributed by atoms with van der Waals surface area (Å²) >= 11 is 0. The average Bonchev–Trinajstić information content (AvgIpc) is 3.26. The summed E-state index contributed by atoms with van der Waals surface area (Å²) in [4.78, 5) is 18.9. The van der Waals surface area contributed by atoms with E-state index in [-0.39, 0.29) is 11.7 Å². The fourth-order valence-electron chi connectivity index (χ4n) is 2.97. The smallest absolute Gasteiger partial charge is 0.255 e. The van der Waals surface area contributed by atoms with E-state index in [2.05, 4.69) is 4.98 Å². The van der Waals surface area contributed by atoms with Gasteiger partial charge < -0.3 is 13.7 Å². The Labute approximate surface area is 155 Å². The van der Waals surface area contributed by atoms with E-state index in [1.165, 1.54) is 12.1 Å². The molecule has 3 heterocycles. The molecule has 3 aromatic heterocycles. The lowest BCUT2D eigenvalue weighted by Gasteiger charge is -2.15. The Morgan fingerprint density at radius 2 is 1.89 bits per heavy atom. The van der Waals surface area contributed by atoms with E-state index in [0.717, 1.165) is 28.4 Å². The fraction of sp³-hybridized carbons (Fsp3) is 0.143. The molecule has 0 aliphatic heterocycles. The molecule has 1 aromatic carbocycles. The molecule has 0 N–H and O–H groups in total. The zero-order valence-electron chi connectivity index (χ0n) is 15.0. The van der Waals surface area contributed by atoms with Crippen LogP contribution in [0.2, 0.25) is 0 Å². The Hall–Kier alpha value is -3.41. The third-order valence-electron chi connectivity index (χ3n) is 4.37. The Morgan fingerprint density at radius 1 is 1.11 bits per heavy atom. The third-order valence-corrected chi connectivity index (χ3v) is 4.37. The SMILES string of the molecule is Cc1ccc(CN(C)C(=O)c2ccc3nc(-c4ccc(F)cc4)cn3c2)o1. The van der Waals surface area contributed by atoms with Gasteiger partial charge >= 0.3 is 0 Å². The van der Waals surface area contributed by atoms with E-state index >= 15 is 0 Å². The van der Waals surface area contributed by atoms with Gasteiger partial charge in [0.05, 0.1) is 17.8 Å².